The second-order valence-electron chi connectivity index (χ2n) is 2.65. The first-order valence-electron chi connectivity index (χ1n) is 3.83. The van der Waals surface area contributed by atoms with Crippen molar-refractivity contribution in [1.29, 1.82) is 0 Å². The van der Waals surface area contributed by atoms with Gasteiger partial charge in [0.2, 0.25) is 0 Å². The number of hydrogen-bond acceptors (Lipinski definition) is 4. The Labute approximate surface area is 82.2 Å². The highest BCUT2D eigenvalue weighted by molar-refractivity contribution is 7.85. The molecule has 0 radical (unpaired) electrons. The van der Waals surface area contributed by atoms with Crippen molar-refractivity contribution < 1.29 is 17.7 Å². The number of nitrogens with two attached hydrogens (primary N) is 1. The van der Waals surface area contributed by atoms with E-state index in [0.29, 0.717) is 11.3 Å². The van der Waals surface area contributed by atoms with Crippen molar-refractivity contribution in [2.75, 3.05) is 7.11 Å². The zero-order chi connectivity index (χ0) is 10.8. The van der Waals surface area contributed by atoms with Crippen LogP contribution in [0, 0.1) is 0 Å². The third-order valence-corrected chi connectivity index (χ3v) is 2.62. The van der Waals surface area contributed by atoms with Crippen molar-refractivity contribution in [1.82, 2.24) is 0 Å². The molecule has 0 heterocycles. The molecular formula is C8H11NO4S. The normalized spacial score (nSPS) is 11.4. The van der Waals surface area contributed by atoms with E-state index in [1.165, 1.54) is 25.3 Å². The lowest BCUT2D eigenvalue weighted by atomic mass is 10.2. The van der Waals surface area contributed by atoms with E-state index in [1.807, 2.05) is 0 Å². The maximum Gasteiger partial charge on any atom is 0.294 e. The standard InChI is InChI=1S/C8H11NO4S/c1-13-8-3-2-7(14(10,11)12)4-6(8)5-9/h2-4H,5,9H2,1H3,(H,10,11,12). The zero-order valence-electron chi connectivity index (χ0n) is 7.60. The van der Waals surface area contributed by atoms with Crippen LogP contribution in [-0.4, -0.2) is 20.1 Å². The molecule has 0 spiro atoms. The maximum atomic E-state index is 10.8. The Bertz CT molecular complexity index is 427. The van der Waals surface area contributed by atoms with Crippen molar-refractivity contribution >= 4 is 10.1 Å². The van der Waals surface area contributed by atoms with Crippen molar-refractivity contribution in [2.45, 2.75) is 11.4 Å². The number of benzene rings is 1. The number of ether oxygens (including phenoxy) is 1. The van der Waals surface area contributed by atoms with Gasteiger partial charge in [0.1, 0.15) is 5.75 Å². The SMILES string of the molecule is COc1ccc(S(=O)(=O)O)cc1CN. The molecule has 5 nitrogen and oxygen atoms in total. The van der Waals surface area contributed by atoms with Gasteiger partial charge in [0, 0.05) is 12.1 Å². The van der Waals surface area contributed by atoms with Crippen LogP contribution >= 0.6 is 0 Å². The van der Waals surface area contributed by atoms with E-state index in [0.717, 1.165) is 0 Å². The molecule has 0 aliphatic carbocycles. The lowest BCUT2D eigenvalue weighted by molar-refractivity contribution is 0.409. The molecule has 0 aliphatic heterocycles. The van der Waals surface area contributed by atoms with Crippen LogP contribution in [-0.2, 0) is 16.7 Å². The Hall–Kier alpha value is -1.11. The molecule has 1 aromatic rings. The van der Waals surface area contributed by atoms with E-state index >= 15 is 0 Å². The molecule has 0 saturated heterocycles. The van der Waals surface area contributed by atoms with Gasteiger partial charge in [-0.25, -0.2) is 0 Å². The van der Waals surface area contributed by atoms with Gasteiger partial charge in [0.05, 0.1) is 12.0 Å². The lowest BCUT2D eigenvalue weighted by Gasteiger charge is -2.07. The van der Waals surface area contributed by atoms with Crippen molar-refractivity contribution in [3.8, 4) is 5.75 Å². The molecule has 1 aromatic carbocycles. The fraction of sp³-hybridized carbons (Fsp3) is 0.250. The summed E-state index contributed by atoms with van der Waals surface area (Å²) < 4.78 is 35.3. The zero-order valence-corrected chi connectivity index (χ0v) is 8.41. The van der Waals surface area contributed by atoms with E-state index in [-0.39, 0.29) is 11.4 Å². The molecule has 1 rings (SSSR count). The molecular weight excluding hydrogens is 206 g/mol. The van der Waals surface area contributed by atoms with Crippen molar-refractivity contribution in [2.24, 2.45) is 5.73 Å². The second kappa shape index (κ2) is 3.95. The second-order valence-corrected chi connectivity index (χ2v) is 4.07. The van der Waals surface area contributed by atoms with Crippen LogP contribution in [0.4, 0.5) is 0 Å². The van der Waals surface area contributed by atoms with Gasteiger partial charge in [-0.15, -0.1) is 0 Å². The summed E-state index contributed by atoms with van der Waals surface area (Å²) in [4.78, 5) is -0.182. The average Bonchev–Trinajstić information content (AvgIpc) is 2.15. The van der Waals surface area contributed by atoms with E-state index < -0.39 is 10.1 Å². The summed E-state index contributed by atoms with van der Waals surface area (Å²) >= 11 is 0. The predicted molar refractivity (Wildman–Crippen MR) is 50.7 cm³/mol. The van der Waals surface area contributed by atoms with E-state index in [4.69, 9.17) is 15.0 Å². The minimum Gasteiger partial charge on any atom is -0.496 e. The molecule has 6 heteroatoms. The van der Waals surface area contributed by atoms with Crippen LogP contribution in [0.5, 0.6) is 5.75 Å². The molecule has 0 aliphatic rings. The Kier molecular flexibility index (Phi) is 3.10. The summed E-state index contributed by atoms with van der Waals surface area (Å²) in [5.74, 6) is 0.500. The van der Waals surface area contributed by atoms with E-state index in [9.17, 15) is 8.42 Å². The molecule has 0 fully saturated rings. The van der Waals surface area contributed by atoms with Crippen LogP contribution in [0.15, 0.2) is 23.1 Å². The first-order valence-corrected chi connectivity index (χ1v) is 5.27. The molecule has 0 aromatic heterocycles. The van der Waals surface area contributed by atoms with E-state index in [2.05, 4.69) is 0 Å². The van der Waals surface area contributed by atoms with Crippen LogP contribution in [0.2, 0.25) is 0 Å². The quantitative estimate of drug-likeness (QED) is 0.715. The molecule has 78 valence electrons. The Balaban J connectivity index is 3.28. The first kappa shape index (κ1) is 11.0. The minimum absolute atomic E-state index is 0.145. The van der Waals surface area contributed by atoms with Crippen LogP contribution in [0.25, 0.3) is 0 Å². The smallest absolute Gasteiger partial charge is 0.294 e. The molecule has 3 N–H and O–H groups in total. The van der Waals surface area contributed by atoms with E-state index in [1.54, 1.807) is 0 Å². The summed E-state index contributed by atoms with van der Waals surface area (Å²) in [6, 6.07) is 3.99. The summed E-state index contributed by atoms with van der Waals surface area (Å²) in [5, 5.41) is 0. The highest BCUT2D eigenvalue weighted by Crippen LogP contribution is 2.21. The van der Waals surface area contributed by atoms with Gasteiger partial charge >= 0.3 is 0 Å². The first-order chi connectivity index (χ1) is 6.49. The Morgan fingerprint density at radius 2 is 2.14 bits per heavy atom. The average molecular weight is 217 g/mol. The molecule has 0 amide bonds. The van der Waals surface area contributed by atoms with Crippen molar-refractivity contribution in [3.05, 3.63) is 23.8 Å². The van der Waals surface area contributed by atoms with Crippen molar-refractivity contribution in [3.63, 3.8) is 0 Å². The van der Waals surface area contributed by atoms with Crippen LogP contribution < -0.4 is 10.5 Å². The third-order valence-electron chi connectivity index (χ3n) is 1.77. The Morgan fingerprint density at radius 1 is 1.50 bits per heavy atom. The number of methoxy groups -OCH3 is 1. The molecule has 0 atom stereocenters. The summed E-state index contributed by atoms with van der Waals surface area (Å²) in [6.07, 6.45) is 0. The van der Waals surface area contributed by atoms with Crippen LogP contribution in [0.3, 0.4) is 0 Å². The molecule has 0 unspecified atom stereocenters. The van der Waals surface area contributed by atoms with Gasteiger partial charge in [0.15, 0.2) is 0 Å². The van der Waals surface area contributed by atoms with Gasteiger partial charge in [-0.3, -0.25) is 4.55 Å². The Morgan fingerprint density at radius 3 is 2.57 bits per heavy atom. The lowest BCUT2D eigenvalue weighted by Crippen LogP contribution is -2.04. The van der Waals surface area contributed by atoms with Gasteiger partial charge in [-0.2, -0.15) is 8.42 Å². The fourth-order valence-electron chi connectivity index (χ4n) is 1.07. The minimum atomic E-state index is -4.17. The highest BCUT2D eigenvalue weighted by atomic mass is 32.2. The summed E-state index contributed by atoms with van der Waals surface area (Å²) in [7, 11) is -2.71. The number of hydrogen-bond donors (Lipinski definition) is 2. The largest absolute Gasteiger partial charge is 0.496 e. The summed E-state index contributed by atoms with van der Waals surface area (Å²) in [5.41, 5.74) is 5.91. The van der Waals surface area contributed by atoms with Gasteiger partial charge in [-0.05, 0) is 18.2 Å². The number of rotatable bonds is 3. The molecule has 14 heavy (non-hydrogen) atoms. The molecule has 0 bridgehead atoms. The fourth-order valence-corrected chi connectivity index (χ4v) is 1.61. The maximum absolute atomic E-state index is 10.8. The monoisotopic (exact) mass is 217 g/mol. The molecule has 0 saturated carbocycles. The van der Waals surface area contributed by atoms with Gasteiger partial charge in [0.25, 0.3) is 10.1 Å². The summed E-state index contributed by atoms with van der Waals surface area (Å²) in [6.45, 7) is 0.145. The van der Waals surface area contributed by atoms with Gasteiger partial charge < -0.3 is 10.5 Å². The van der Waals surface area contributed by atoms with Crippen LogP contribution in [0.1, 0.15) is 5.56 Å². The van der Waals surface area contributed by atoms with Gasteiger partial charge in [-0.1, -0.05) is 0 Å². The predicted octanol–water partition coefficient (Wildman–Crippen LogP) is 0.401. The topological polar surface area (TPSA) is 89.6 Å². The third kappa shape index (κ3) is 2.22. The highest BCUT2D eigenvalue weighted by Gasteiger charge is 2.12.